The zero-order valence-corrected chi connectivity index (χ0v) is 19.7. The number of benzene rings is 1. The van der Waals surface area contributed by atoms with Crippen LogP contribution >= 0.6 is 0 Å². The van der Waals surface area contributed by atoms with Crippen molar-refractivity contribution in [2.24, 2.45) is 0 Å². The van der Waals surface area contributed by atoms with E-state index in [4.69, 9.17) is 20.0 Å². The fraction of sp³-hybridized carbons (Fsp3) is 0.269. The predicted octanol–water partition coefficient (Wildman–Crippen LogP) is 3.50. The number of hydrogen-bond donors (Lipinski definition) is 1. The van der Waals surface area contributed by atoms with Gasteiger partial charge in [-0.1, -0.05) is 0 Å². The molecule has 10 nitrogen and oxygen atoms in total. The highest BCUT2D eigenvalue weighted by Gasteiger charge is 2.23. The van der Waals surface area contributed by atoms with Crippen molar-refractivity contribution in [2.45, 2.75) is 39.3 Å². The first-order valence-corrected chi connectivity index (χ1v) is 11.5. The van der Waals surface area contributed by atoms with Crippen LogP contribution in [-0.4, -0.2) is 43.0 Å². The lowest BCUT2D eigenvalue weighted by Gasteiger charge is -2.29. The molecule has 36 heavy (non-hydrogen) atoms. The summed E-state index contributed by atoms with van der Waals surface area (Å²) in [6.45, 7) is 3.10. The molecule has 0 aliphatic carbocycles. The maximum absolute atomic E-state index is 12.8. The van der Waals surface area contributed by atoms with E-state index in [0.29, 0.717) is 72.6 Å². The predicted molar refractivity (Wildman–Crippen MR) is 129 cm³/mol. The van der Waals surface area contributed by atoms with E-state index in [9.17, 15) is 4.79 Å². The molecule has 0 bridgehead atoms. The molecule has 4 heterocycles. The van der Waals surface area contributed by atoms with Crippen LogP contribution in [0.3, 0.4) is 0 Å². The van der Waals surface area contributed by atoms with Gasteiger partial charge in [0.25, 0.3) is 0 Å². The molecule has 0 atom stereocenters. The molecular weight excluding hydrogens is 460 g/mol. The number of fused-ring (bicyclic) bond motifs is 1. The van der Waals surface area contributed by atoms with Gasteiger partial charge >= 0.3 is 0 Å². The number of nitrogens with zero attached hydrogens (tertiary/aromatic N) is 5. The first kappa shape index (κ1) is 23.1. The van der Waals surface area contributed by atoms with Crippen LogP contribution in [0.25, 0.3) is 17.5 Å². The van der Waals surface area contributed by atoms with Gasteiger partial charge in [-0.15, -0.1) is 22.5 Å². The SMILES string of the molecule is C#CCCc1nc(COc2cc3c(cc2-c2nn[nH]n2)CCN(C(=O)/C=C/c2ccco2)C3)c(C)o1. The zero-order chi connectivity index (χ0) is 24.9. The van der Waals surface area contributed by atoms with Crippen LogP contribution in [-0.2, 0) is 30.8 Å². The highest BCUT2D eigenvalue weighted by molar-refractivity contribution is 5.91. The van der Waals surface area contributed by atoms with Gasteiger partial charge in [0.1, 0.15) is 29.6 Å². The average Bonchev–Trinajstić information content (AvgIpc) is 3.67. The Morgan fingerprint density at radius 1 is 1.36 bits per heavy atom. The van der Waals surface area contributed by atoms with Crippen LogP contribution < -0.4 is 4.74 Å². The number of H-pyrrole nitrogens is 1. The topological polar surface area (TPSA) is 123 Å². The van der Waals surface area contributed by atoms with Crippen molar-refractivity contribution in [1.29, 1.82) is 0 Å². The summed E-state index contributed by atoms with van der Waals surface area (Å²) in [7, 11) is 0. The van der Waals surface area contributed by atoms with E-state index in [0.717, 1.165) is 11.1 Å². The van der Waals surface area contributed by atoms with Gasteiger partial charge in [0.2, 0.25) is 11.7 Å². The fourth-order valence-electron chi connectivity index (χ4n) is 4.04. The van der Waals surface area contributed by atoms with Crippen LogP contribution in [0.1, 0.15) is 40.7 Å². The number of tetrazole rings is 1. The number of furan rings is 1. The summed E-state index contributed by atoms with van der Waals surface area (Å²) in [5.74, 6) is 5.41. The Morgan fingerprint density at radius 3 is 3.06 bits per heavy atom. The van der Waals surface area contributed by atoms with E-state index < -0.39 is 0 Å². The van der Waals surface area contributed by atoms with E-state index >= 15 is 0 Å². The molecule has 0 saturated carbocycles. The lowest BCUT2D eigenvalue weighted by molar-refractivity contribution is -0.126. The third kappa shape index (κ3) is 5.05. The molecule has 1 N–H and O–H groups in total. The third-order valence-corrected chi connectivity index (χ3v) is 5.93. The van der Waals surface area contributed by atoms with Crippen molar-refractivity contribution in [3.8, 4) is 29.5 Å². The molecule has 1 aromatic carbocycles. The van der Waals surface area contributed by atoms with Crippen LogP contribution in [0.5, 0.6) is 5.75 Å². The number of terminal acetylenes is 1. The Kier molecular flexibility index (Phi) is 6.62. The molecule has 0 fully saturated rings. The zero-order valence-electron chi connectivity index (χ0n) is 19.7. The number of amides is 1. The number of aryl methyl sites for hydroxylation is 2. The number of carbonyl (C=O) groups excluding carboxylic acids is 1. The number of carbonyl (C=O) groups is 1. The number of ether oxygens (including phenoxy) is 1. The maximum atomic E-state index is 12.8. The third-order valence-electron chi connectivity index (χ3n) is 5.93. The number of nitrogens with one attached hydrogen (secondary N) is 1. The molecule has 1 amide bonds. The number of hydrogen-bond acceptors (Lipinski definition) is 8. The van der Waals surface area contributed by atoms with Crippen LogP contribution in [0.15, 0.2) is 45.4 Å². The van der Waals surface area contributed by atoms with Crippen LogP contribution in [0.4, 0.5) is 0 Å². The Hall–Kier alpha value is -4.65. The van der Waals surface area contributed by atoms with Crippen molar-refractivity contribution in [1.82, 2.24) is 30.5 Å². The number of rotatable bonds is 8. The van der Waals surface area contributed by atoms with Gasteiger partial charge < -0.3 is 18.5 Å². The van der Waals surface area contributed by atoms with E-state index in [2.05, 4.69) is 31.5 Å². The van der Waals surface area contributed by atoms with Crippen molar-refractivity contribution >= 4 is 12.0 Å². The Labute approximate surface area is 207 Å². The van der Waals surface area contributed by atoms with Crippen molar-refractivity contribution in [3.05, 3.63) is 70.8 Å². The van der Waals surface area contributed by atoms with Crippen molar-refractivity contribution in [2.75, 3.05) is 6.54 Å². The molecule has 5 rings (SSSR count). The monoisotopic (exact) mass is 484 g/mol. The van der Waals surface area contributed by atoms with E-state index in [1.165, 1.54) is 6.08 Å². The Bertz CT molecular complexity index is 1410. The van der Waals surface area contributed by atoms with E-state index in [1.54, 1.807) is 29.4 Å². The molecular formula is C26H24N6O4. The molecule has 1 aliphatic rings. The highest BCUT2D eigenvalue weighted by atomic mass is 16.5. The van der Waals surface area contributed by atoms with Gasteiger partial charge in [0.15, 0.2) is 5.89 Å². The van der Waals surface area contributed by atoms with Crippen LogP contribution in [0, 0.1) is 19.3 Å². The lowest BCUT2D eigenvalue weighted by Crippen LogP contribution is -2.34. The number of oxazole rings is 1. The Morgan fingerprint density at radius 2 is 2.28 bits per heavy atom. The molecule has 4 aromatic rings. The summed E-state index contributed by atoms with van der Waals surface area (Å²) in [5, 5.41) is 14.5. The van der Waals surface area contributed by atoms with Gasteiger partial charge in [0.05, 0.1) is 11.8 Å². The highest BCUT2D eigenvalue weighted by Crippen LogP contribution is 2.34. The molecule has 0 spiro atoms. The quantitative estimate of drug-likeness (QED) is 0.298. The minimum atomic E-state index is -0.0838. The second-order valence-electron chi connectivity index (χ2n) is 8.31. The number of aromatic amines is 1. The fourth-order valence-corrected chi connectivity index (χ4v) is 4.04. The average molecular weight is 485 g/mol. The summed E-state index contributed by atoms with van der Waals surface area (Å²) in [4.78, 5) is 19.1. The normalized spacial score (nSPS) is 13.1. The standard InChI is InChI=1S/C26H24N6O4/c1-3-4-7-24-27-22(17(2)36-24)16-35-23-14-19-15-32(25(33)9-8-20-6-5-12-34-20)11-10-18(19)13-21(23)26-28-30-31-29-26/h1,5-6,8-9,12-14H,4,7,10-11,15-16H2,2H3,(H,28,29,30,31)/b9-8+. The molecule has 10 heteroatoms. The Balaban J connectivity index is 1.37. The summed E-state index contributed by atoms with van der Waals surface area (Å²) < 4.78 is 17.2. The second kappa shape index (κ2) is 10.3. The molecule has 0 radical (unpaired) electrons. The first-order valence-electron chi connectivity index (χ1n) is 11.5. The smallest absolute Gasteiger partial charge is 0.246 e. The van der Waals surface area contributed by atoms with Gasteiger partial charge in [-0.25, -0.2) is 4.98 Å². The maximum Gasteiger partial charge on any atom is 0.246 e. The van der Waals surface area contributed by atoms with Gasteiger partial charge in [-0.2, -0.15) is 5.21 Å². The first-order chi connectivity index (χ1) is 17.6. The molecule has 0 saturated heterocycles. The second-order valence-corrected chi connectivity index (χ2v) is 8.31. The summed E-state index contributed by atoms with van der Waals surface area (Å²) in [5.41, 5.74) is 3.51. The molecule has 1 aliphatic heterocycles. The van der Waals surface area contributed by atoms with Crippen LogP contribution in [0.2, 0.25) is 0 Å². The van der Waals surface area contributed by atoms with E-state index in [1.807, 2.05) is 19.1 Å². The molecule has 3 aromatic heterocycles. The summed E-state index contributed by atoms with van der Waals surface area (Å²) in [6.07, 6.45) is 11.9. The summed E-state index contributed by atoms with van der Waals surface area (Å²) >= 11 is 0. The van der Waals surface area contributed by atoms with Crippen molar-refractivity contribution < 1.29 is 18.4 Å². The number of aromatic nitrogens is 5. The van der Waals surface area contributed by atoms with Crippen molar-refractivity contribution in [3.63, 3.8) is 0 Å². The van der Waals surface area contributed by atoms with Gasteiger partial charge in [-0.05, 0) is 60.0 Å². The molecule has 182 valence electrons. The lowest BCUT2D eigenvalue weighted by atomic mass is 9.96. The minimum absolute atomic E-state index is 0.0838. The minimum Gasteiger partial charge on any atom is -0.486 e. The van der Waals surface area contributed by atoms with Gasteiger partial charge in [-0.3, -0.25) is 4.79 Å². The summed E-state index contributed by atoms with van der Waals surface area (Å²) in [6, 6.07) is 7.52. The van der Waals surface area contributed by atoms with E-state index in [-0.39, 0.29) is 12.5 Å². The largest absolute Gasteiger partial charge is 0.486 e. The van der Waals surface area contributed by atoms with Gasteiger partial charge in [0, 0.05) is 32.0 Å². The molecule has 0 unspecified atom stereocenters.